The predicted molar refractivity (Wildman–Crippen MR) is 79.8 cm³/mol. The Morgan fingerprint density at radius 2 is 1.31 bits per heavy atom. The van der Waals surface area contributed by atoms with Crippen molar-refractivity contribution in [3.05, 3.63) is 25.3 Å². The molecule has 0 unspecified atom stereocenters. The van der Waals surface area contributed by atoms with Crippen LogP contribution in [0.1, 0.15) is 44.9 Å². The molecule has 0 aromatic heterocycles. The Kier molecular flexibility index (Phi) is 10.6. The van der Waals surface area contributed by atoms with Crippen molar-refractivity contribution in [2.24, 2.45) is 0 Å². The first-order valence-electron chi connectivity index (χ1n) is 6.22. The second kappa shape index (κ2) is 10.4. The standard InChI is InChI=1S/C13H24Cl2Si/c1-3-5-7-8-9-10-11-13-16(14,15)12-6-4-2/h3-4H,1-2,5-13H2. The van der Waals surface area contributed by atoms with Crippen LogP contribution in [0.5, 0.6) is 0 Å². The molecule has 0 amide bonds. The van der Waals surface area contributed by atoms with E-state index in [-0.39, 0.29) is 0 Å². The van der Waals surface area contributed by atoms with Crippen LogP contribution in [0.15, 0.2) is 25.3 Å². The van der Waals surface area contributed by atoms with Gasteiger partial charge in [-0.15, -0.1) is 35.3 Å². The van der Waals surface area contributed by atoms with Gasteiger partial charge in [-0.1, -0.05) is 37.8 Å². The van der Waals surface area contributed by atoms with E-state index >= 15 is 0 Å². The van der Waals surface area contributed by atoms with Gasteiger partial charge in [0.2, 0.25) is 0 Å². The van der Waals surface area contributed by atoms with Crippen molar-refractivity contribution < 1.29 is 0 Å². The molecule has 0 aliphatic heterocycles. The van der Waals surface area contributed by atoms with Crippen molar-refractivity contribution in [1.29, 1.82) is 0 Å². The summed E-state index contributed by atoms with van der Waals surface area (Å²) in [5.41, 5.74) is 0. The lowest BCUT2D eigenvalue weighted by Crippen LogP contribution is -2.17. The Morgan fingerprint density at radius 1 is 0.750 bits per heavy atom. The Morgan fingerprint density at radius 3 is 1.94 bits per heavy atom. The van der Waals surface area contributed by atoms with Gasteiger partial charge in [0.15, 0.2) is 0 Å². The van der Waals surface area contributed by atoms with Gasteiger partial charge in [-0.2, -0.15) is 0 Å². The van der Waals surface area contributed by atoms with Gasteiger partial charge >= 0.3 is 0 Å². The minimum absolute atomic E-state index is 0.954. The van der Waals surface area contributed by atoms with E-state index in [1.807, 2.05) is 12.2 Å². The molecule has 0 nitrogen and oxygen atoms in total. The van der Waals surface area contributed by atoms with Crippen LogP contribution in [0, 0.1) is 0 Å². The van der Waals surface area contributed by atoms with Crippen LogP contribution in [0.3, 0.4) is 0 Å². The maximum absolute atomic E-state index is 6.32. The quantitative estimate of drug-likeness (QED) is 0.188. The molecule has 0 spiro atoms. The Labute approximate surface area is 111 Å². The average molecular weight is 279 g/mol. The van der Waals surface area contributed by atoms with E-state index in [1.54, 1.807) is 0 Å². The first kappa shape index (κ1) is 16.3. The lowest BCUT2D eigenvalue weighted by atomic mass is 10.1. The molecule has 0 aromatic rings. The average Bonchev–Trinajstić information content (AvgIpc) is 2.25. The normalized spacial score (nSPS) is 11.4. The number of rotatable bonds is 11. The van der Waals surface area contributed by atoms with Crippen LogP contribution in [-0.4, -0.2) is 6.69 Å². The highest BCUT2D eigenvalue weighted by Gasteiger charge is 2.26. The van der Waals surface area contributed by atoms with E-state index in [4.69, 9.17) is 22.2 Å². The van der Waals surface area contributed by atoms with Gasteiger partial charge in [0.05, 0.1) is 0 Å². The largest absolute Gasteiger partial charge is 0.251 e. The zero-order chi connectivity index (χ0) is 12.3. The number of allylic oxidation sites excluding steroid dienone is 2. The molecule has 16 heavy (non-hydrogen) atoms. The third-order valence-corrected chi connectivity index (χ3v) is 7.04. The molecule has 0 saturated heterocycles. The van der Waals surface area contributed by atoms with Crippen molar-refractivity contribution in [3.8, 4) is 0 Å². The lowest BCUT2D eigenvalue weighted by Gasteiger charge is -2.15. The molecule has 0 aromatic carbocycles. The van der Waals surface area contributed by atoms with Crippen molar-refractivity contribution in [2.75, 3.05) is 0 Å². The minimum atomic E-state index is -1.94. The summed E-state index contributed by atoms with van der Waals surface area (Å²) in [6, 6.07) is 1.99. The smallest absolute Gasteiger partial charge is 0.146 e. The van der Waals surface area contributed by atoms with Crippen LogP contribution in [0.2, 0.25) is 12.1 Å². The maximum Gasteiger partial charge on any atom is 0.251 e. The Balaban J connectivity index is 3.35. The van der Waals surface area contributed by atoms with Gasteiger partial charge in [0.1, 0.15) is 0 Å². The fourth-order valence-corrected chi connectivity index (χ4v) is 4.74. The molecular weight excluding hydrogens is 255 g/mol. The fourth-order valence-electron chi connectivity index (χ4n) is 1.64. The molecule has 0 bridgehead atoms. The topological polar surface area (TPSA) is 0 Å². The third-order valence-electron chi connectivity index (χ3n) is 2.67. The number of hydrogen-bond acceptors (Lipinski definition) is 0. The number of hydrogen-bond donors (Lipinski definition) is 0. The van der Waals surface area contributed by atoms with Crippen LogP contribution >= 0.6 is 22.2 Å². The second-order valence-electron chi connectivity index (χ2n) is 4.28. The summed E-state index contributed by atoms with van der Waals surface area (Å²) >= 11 is 12.6. The zero-order valence-corrected chi connectivity index (χ0v) is 12.7. The van der Waals surface area contributed by atoms with E-state index in [2.05, 4.69) is 13.2 Å². The van der Waals surface area contributed by atoms with E-state index in [0.717, 1.165) is 24.9 Å². The van der Waals surface area contributed by atoms with E-state index in [0.29, 0.717) is 0 Å². The first-order chi connectivity index (χ1) is 7.62. The maximum atomic E-state index is 6.32. The SMILES string of the molecule is C=CCCCCCCC[Si](Cl)(Cl)CCC=C. The fraction of sp³-hybridized carbons (Fsp3) is 0.692. The van der Waals surface area contributed by atoms with Crippen LogP contribution in [0.25, 0.3) is 0 Å². The number of unbranched alkanes of at least 4 members (excludes halogenated alkanes) is 5. The summed E-state index contributed by atoms with van der Waals surface area (Å²) in [5.74, 6) is 0. The highest BCUT2D eigenvalue weighted by Crippen LogP contribution is 2.29. The van der Waals surface area contributed by atoms with Gasteiger partial charge in [-0.05, 0) is 31.4 Å². The van der Waals surface area contributed by atoms with Crippen molar-refractivity contribution in [3.63, 3.8) is 0 Å². The van der Waals surface area contributed by atoms with E-state index in [9.17, 15) is 0 Å². The van der Waals surface area contributed by atoms with Gasteiger partial charge in [-0.3, -0.25) is 0 Å². The van der Waals surface area contributed by atoms with Crippen LogP contribution < -0.4 is 0 Å². The second-order valence-corrected chi connectivity index (χ2v) is 11.9. The van der Waals surface area contributed by atoms with Gasteiger partial charge in [0, 0.05) is 0 Å². The molecule has 94 valence electrons. The zero-order valence-electron chi connectivity index (χ0n) is 10.2. The van der Waals surface area contributed by atoms with E-state index in [1.165, 1.54) is 32.1 Å². The molecule has 0 heterocycles. The molecule has 0 aliphatic rings. The molecule has 0 N–H and O–H groups in total. The first-order valence-corrected chi connectivity index (χ1v) is 10.7. The molecule has 0 fully saturated rings. The molecule has 0 aliphatic carbocycles. The predicted octanol–water partition coefficient (Wildman–Crippen LogP) is 6.01. The Bertz CT molecular complexity index is 190. The summed E-state index contributed by atoms with van der Waals surface area (Å²) in [5, 5.41) is 0. The number of halogens is 2. The highest BCUT2D eigenvalue weighted by molar-refractivity contribution is 7.45. The molecule has 0 saturated carbocycles. The van der Waals surface area contributed by atoms with Crippen LogP contribution in [-0.2, 0) is 0 Å². The lowest BCUT2D eigenvalue weighted by molar-refractivity contribution is 0.636. The summed E-state index contributed by atoms with van der Waals surface area (Å²) < 4.78 is 0. The molecular formula is C13H24Cl2Si. The van der Waals surface area contributed by atoms with Crippen molar-refractivity contribution in [2.45, 2.75) is 57.0 Å². The highest BCUT2D eigenvalue weighted by atomic mass is 35.7. The van der Waals surface area contributed by atoms with Crippen molar-refractivity contribution >= 4 is 28.9 Å². The minimum Gasteiger partial charge on any atom is -0.146 e. The summed E-state index contributed by atoms with van der Waals surface area (Å²) in [6.07, 6.45) is 12.3. The monoisotopic (exact) mass is 278 g/mol. The van der Waals surface area contributed by atoms with Gasteiger partial charge in [-0.25, -0.2) is 0 Å². The molecule has 0 radical (unpaired) electrons. The van der Waals surface area contributed by atoms with Crippen molar-refractivity contribution in [1.82, 2.24) is 0 Å². The van der Waals surface area contributed by atoms with Gasteiger partial charge < -0.3 is 0 Å². The van der Waals surface area contributed by atoms with Crippen LogP contribution in [0.4, 0.5) is 0 Å². The molecule has 3 heteroatoms. The Hall–Kier alpha value is 0.277. The third kappa shape index (κ3) is 10.8. The summed E-state index contributed by atoms with van der Waals surface area (Å²) in [6.45, 7) is 5.47. The van der Waals surface area contributed by atoms with E-state index < -0.39 is 6.69 Å². The molecule has 0 atom stereocenters. The summed E-state index contributed by atoms with van der Waals surface area (Å²) in [7, 11) is 0. The molecule has 0 rings (SSSR count). The van der Waals surface area contributed by atoms with Gasteiger partial charge in [0.25, 0.3) is 6.69 Å². The summed E-state index contributed by atoms with van der Waals surface area (Å²) in [4.78, 5) is 0.